The average molecular weight is 1270 g/mol. The van der Waals surface area contributed by atoms with Gasteiger partial charge in [-0.3, -0.25) is 0 Å². The molecule has 9 rings (SSSR count). The highest BCUT2D eigenvalue weighted by Crippen LogP contribution is 2.39. The van der Waals surface area contributed by atoms with Crippen LogP contribution in [0.1, 0.15) is 248 Å². The van der Waals surface area contributed by atoms with Gasteiger partial charge in [-0.25, -0.2) is 15.0 Å². The molecule has 0 saturated heterocycles. The van der Waals surface area contributed by atoms with Gasteiger partial charge in [-0.1, -0.05) is 233 Å². The molecular formula is C91H122N4. The molecule has 0 saturated carbocycles. The van der Waals surface area contributed by atoms with Crippen molar-refractivity contribution in [2.75, 3.05) is 4.90 Å². The number of nitrogens with zero attached hydrogens (tertiary/aromatic N) is 4. The normalized spacial score (nSPS) is 11.7. The first-order chi connectivity index (χ1) is 44.5. The molecule has 0 radical (unpaired) electrons. The molecule has 0 spiro atoms. The summed E-state index contributed by atoms with van der Waals surface area (Å²) in [5.74, 6) is 2.10. The van der Waals surface area contributed by atoms with Crippen molar-refractivity contribution in [1.82, 2.24) is 15.0 Å². The van der Waals surface area contributed by atoms with E-state index < -0.39 is 0 Å². The summed E-state index contributed by atoms with van der Waals surface area (Å²) in [6, 6.07) is 53.6. The summed E-state index contributed by atoms with van der Waals surface area (Å²) in [5, 5.41) is 0. The van der Waals surface area contributed by atoms with Gasteiger partial charge in [0.05, 0.1) is 0 Å². The lowest BCUT2D eigenvalue weighted by molar-refractivity contribution is 0.590. The molecule has 9 aromatic rings. The van der Waals surface area contributed by atoms with Crippen LogP contribution in [0.15, 0.2) is 146 Å². The Morgan fingerprint density at radius 2 is 0.537 bits per heavy atom. The van der Waals surface area contributed by atoms with Gasteiger partial charge in [0, 0.05) is 33.8 Å². The van der Waals surface area contributed by atoms with Crippen LogP contribution in [0.5, 0.6) is 0 Å². The molecule has 0 bridgehead atoms. The van der Waals surface area contributed by atoms with E-state index in [9.17, 15) is 0 Å². The van der Waals surface area contributed by atoms with E-state index in [-0.39, 0.29) is 21.7 Å². The van der Waals surface area contributed by atoms with E-state index in [0.29, 0.717) is 17.5 Å². The summed E-state index contributed by atoms with van der Waals surface area (Å²) in [6.07, 6.45) is 13.4. The summed E-state index contributed by atoms with van der Waals surface area (Å²) >= 11 is 0. The summed E-state index contributed by atoms with van der Waals surface area (Å²) < 4.78 is 0. The van der Waals surface area contributed by atoms with Crippen molar-refractivity contribution >= 4 is 17.1 Å². The Bertz CT molecular complexity index is 3660. The highest BCUT2D eigenvalue weighted by atomic mass is 15.1. The van der Waals surface area contributed by atoms with Gasteiger partial charge >= 0.3 is 0 Å². The Morgan fingerprint density at radius 1 is 0.263 bits per heavy atom. The third kappa shape index (κ3) is 21.8. The zero-order valence-corrected chi connectivity index (χ0v) is 64.2. The van der Waals surface area contributed by atoms with Crippen molar-refractivity contribution in [3.05, 3.63) is 246 Å². The lowest BCUT2D eigenvalue weighted by Crippen LogP contribution is -2.14. The summed E-state index contributed by atoms with van der Waals surface area (Å²) in [5.41, 5.74) is 31.9. The van der Waals surface area contributed by atoms with Crippen LogP contribution in [-0.4, -0.2) is 15.0 Å². The van der Waals surface area contributed by atoms with E-state index in [4.69, 9.17) is 15.0 Å². The fraction of sp³-hybridized carbons (Fsp3) is 0.440. The van der Waals surface area contributed by atoms with E-state index in [1.807, 2.05) is 0 Å². The molecule has 0 unspecified atom stereocenters. The van der Waals surface area contributed by atoms with Gasteiger partial charge in [0.15, 0.2) is 17.5 Å². The van der Waals surface area contributed by atoms with E-state index in [2.05, 4.69) is 331 Å². The monoisotopic (exact) mass is 1270 g/mol. The van der Waals surface area contributed by atoms with Gasteiger partial charge < -0.3 is 4.90 Å². The maximum absolute atomic E-state index is 4.94. The number of benzene rings is 8. The Balaban J connectivity index is 0.000000216. The molecule has 0 aliphatic rings. The molecule has 1 aromatic heterocycles. The maximum Gasteiger partial charge on any atom is 0.164 e. The maximum atomic E-state index is 4.94. The lowest BCUT2D eigenvalue weighted by Gasteiger charge is -2.29. The predicted molar refractivity (Wildman–Crippen MR) is 417 cm³/mol. The molecule has 0 atom stereocenters. The molecule has 0 N–H and O–H groups in total. The van der Waals surface area contributed by atoms with Crippen molar-refractivity contribution in [2.24, 2.45) is 0 Å². The molecule has 0 aliphatic carbocycles. The first-order valence-electron chi connectivity index (χ1n) is 35.8. The summed E-state index contributed by atoms with van der Waals surface area (Å²) in [6.45, 7) is 57.8. The van der Waals surface area contributed by atoms with Gasteiger partial charge in [0.2, 0.25) is 0 Å². The number of aromatic nitrogens is 3. The molecule has 506 valence electrons. The second-order valence-corrected chi connectivity index (χ2v) is 31.7. The highest BCUT2D eigenvalue weighted by molar-refractivity contribution is 5.78. The van der Waals surface area contributed by atoms with Crippen LogP contribution in [-0.2, 0) is 34.5 Å². The first-order valence-corrected chi connectivity index (χ1v) is 35.8. The molecule has 0 amide bonds. The number of hydrogen-bond acceptors (Lipinski definition) is 4. The molecule has 4 nitrogen and oxygen atoms in total. The Hall–Kier alpha value is -7.43. The lowest BCUT2D eigenvalue weighted by atomic mass is 9.86. The van der Waals surface area contributed by atoms with Crippen LogP contribution < -0.4 is 4.90 Å². The minimum absolute atomic E-state index is 0.0969. The fourth-order valence-electron chi connectivity index (χ4n) is 12.0. The third-order valence-corrected chi connectivity index (χ3v) is 19.5. The van der Waals surface area contributed by atoms with Gasteiger partial charge in [0.25, 0.3) is 0 Å². The first kappa shape index (κ1) is 76.6. The number of anilines is 3. The Kier molecular flexibility index (Phi) is 27.0. The van der Waals surface area contributed by atoms with Crippen LogP contribution in [0.25, 0.3) is 34.2 Å². The van der Waals surface area contributed by atoms with Crippen LogP contribution >= 0.6 is 0 Å². The molecule has 8 aromatic carbocycles. The minimum atomic E-state index is 0.0969. The third-order valence-electron chi connectivity index (χ3n) is 19.5. The van der Waals surface area contributed by atoms with Gasteiger partial charge in [-0.05, 0) is 279 Å². The largest absolute Gasteiger partial charge is 0.310 e. The molecular weight excluding hydrogens is 1150 g/mol. The Labute approximate surface area is 579 Å². The zero-order chi connectivity index (χ0) is 70.3. The van der Waals surface area contributed by atoms with E-state index in [0.717, 1.165) is 16.7 Å². The molecule has 4 heteroatoms. The number of hydrogen-bond donors (Lipinski definition) is 0. The number of unbranched alkanes of at least 4 members (excludes halogenated alkanes) is 6. The van der Waals surface area contributed by atoms with Crippen LogP contribution in [0.2, 0.25) is 0 Å². The topological polar surface area (TPSA) is 41.9 Å². The molecule has 95 heavy (non-hydrogen) atoms. The Morgan fingerprint density at radius 3 is 0.821 bits per heavy atom. The van der Waals surface area contributed by atoms with Crippen LogP contribution in [0.4, 0.5) is 17.1 Å². The van der Waals surface area contributed by atoms with Gasteiger partial charge in [-0.15, -0.1) is 0 Å². The van der Waals surface area contributed by atoms with Crippen molar-refractivity contribution in [3.8, 4) is 34.2 Å². The van der Waals surface area contributed by atoms with E-state index in [1.165, 1.54) is 170 Å². The van der Waals surface area contributed by atoms with E-state index in [1.54, 1.807) is 11.1 Å². The van der Waals surface area contributed by atoms with Gasteiger partial charge in [-0.2, -0.15) is 0 Å². The van der Waals surface area contributed by atoms with Crippen LogP contribution in [0, 0.1) is 83.1 Å². The SMILES string of the molecule is CCCCCCc1cc(C)c(CCCCCC)cc1C.Cc1cc(-c2nc(-c3ccc(C(C)(C)C)cc3)nc(-c3ccc(C(C)(C)C)cc3)n2)cc(C)c1C.Cc1cc(C)c(C)cc1C.Cc1cc(N(c2ccc(C(C)(C)C)cc2)c2ccc(C(C)(C)C)cc2)cc(C)c1C. The number of rotatable bonds is 16. The summed E-state index contributed by atoms with van der Waals surface area (Å²) in [4.78, 5) is 17.2. The van der Waals surface area contributed by atoms with Crippen molar-refractivity contribution in [3.63, 3.8) is 0 Å². The van der Waals surface area contributed by atoms with Crippen LogP contribution in [0.3, 0.4) is 0 Å². The fourth-order valence-corrected chi connectivity index (χ4v) is 12.0. The second kappa shape index (κ2) is 33.5. The molecule has 1 heterocycles. The van der Waals surface area contributed by atoms with Crippen molar-refractivity contribution in [1.29, 1.82) is 0 Å². The van der Waals surface area contributed by atoms with Gasteiger partial charge in [0.1, 0.15) is 0 Å². The smallest absolute Gasteiger partial charge is 0.164 e. The minimum Gasteiger partial charge on any atom is -0.310 e. The quantitative estimate of drug-likeness (QED) is 0.0904. The number of aryl methyl sites for hydroxylation is 12. The zero-order valence-electron chi connectivity index (χ0n) is 64.2. The molecule has 0 aliphatic heterocycles. The van der Waals surface area contributed by atoms with Crippen molar-refractivity contribution < 1.29 is 0 Å². The standard InChI is InChI=1S/C32H37N3.C29H37N.C20H34.C10H14/c1-20-18-25(19-21(2)22(20)3)30-34-28(23-10-14-26(15-11-23)31(4,5)6)33-29(35-30)24-12-16-27(17-13-24)32(7,8)9;1-20-18-27(19-21(2)22(20)3)30(25-14-10-23(11-15-25)28(4,5)6)26-16-12-24(13-17-26)29(7,8)9;1-5-7-9-11-13-19-15-18(4)20(16-17(19)3)14-12-10-8-6-2;1-7-5-9(3)10(4)6-8(7)2/h10-19H,1-9H3;10-19H,1-9H3;15-16H,5-14H2,1-4H3;5-6H,1-4H3. The van der Waals surface area contributed by atoms with Crippen molar-refractivity contribution in [2.45, 2.75) is 266 Å². The predicted octanol–water partition coefficient (Wildman–Crippen LogP) is 26.5. The second-order valence-electron chi connectivity index (χ2n) is 31.7. The molecule has 0 fully saturated rings. The highest BCUT2D eigenvalue weighted by Gasteiger charge is 2.22. The van der Waals surface area contributed by atoms with E-state index >= 15 is 0 Å². The summed E-state index contributed by atoms with van der Waals surface area (Å²) in [7, 11) is 0. The average Bonchev–Trinajstić information content (AvgIpc) is 0.886.